The molecule has 0 radical (unpaired) electrons. The Kier molecular flexibility index (Phi) is 6.91. The van der Waals surface area contributed by atoms with E-state index in [1.165, 1.54) is 18.2 Å². The Balaban J connectivity index is 1.89. The van der Waals surface area contributed by atoms with E-state index in [-0.39, 0.29) is 28.7 Å². The summed E-state index contributed by atoms with van der Waals surface area (Å²) >= 11 is 12.1. The van der Waals surface area contributed by atoms with Gasteiger partial charge in [-0.05, 0) is 41.0 Å². The summed E-state index contributed by atoms with van der Waals surface area (Å²) in [5.41, 5.74) is 1.20. The Morgan fingerprint density at radius 2 is 1.67 bits per heavy atom. The molecule has 0 aromatic heterocycles. The number of carbonyl (C=O) groups excluding carboxylic acids is 1. The highest BCUT2D eigenvalue weighted by molar-refractivity contribution is 7.92. The standard InChI is InChI=1S/C22H22Cl2N2O3S/c1-3-21(26(30(2,28)29)19-12-17(23)11-18(24)13-19)22(27)25-14-16-9-6-8-15-7-4-5-10-20(15)16/h4-13,21H,3,14H2,1-2H3,(H,25,27). The Labute approximate surface area is 186 Å². The molecule has 0 aliphatic carbocycles. The SMILES string of the molecule is CCC(C(=O)NCc1cccc2ccccc12)N(c1cc(Cl)cc(Cl)c1)S(C)(=O)=O. The number of nitrogens with one attached hydrogen (secondary N) is 1. The molecular weight excluding hydrogens is 443 g/mol. The van der Waals surface area contributed by atoms with E-state index >= 15 is 0 Å². The summed E-state index contributed by atoms with van der Waals surface area (Å²) in [5.74, 6) is -0.396. The van der Waals surface area contributed by atoms with Crippen LogP contribution in [0, 0.1) is 0 Å². The fourth-order valence-electron chi connectivity index (χ4n) is 3.47. The summed E-state index contributed by atoms with van der Waals surface area (Å²) in [4.78, 5) is 13.0. The van der Waals surface area contributed by atoms with Gasteiger partial charge in [0.25, 0.3) is 0 Å². The predicted octanol–water partition coefficient (Wildman–Crippen LogP) is 5.01. The van der Waals surface area contributed by atoms with Crippen LogP contribution in [0.4, 0.5) is 5.69 Å². The van der Waals surface area contributed by atoms with Crippen molar-refractivity contribution in [3.05, 3.63) is 76.3 Å². The molecule has 1 unspecified atom stereocenters. The van der Waals surface area contributed by atoms with Gasteiger partial charge in [0.1, 0.15) is 6.04 Å². The molecule has 8 heteroatoms. The molecule has 3 rings (SSSR count). The minimum absolute atomic E-state index is 0.252. The average Bonchev–Trinajstić information content (AvgIpc) is 2.68. The van der Waals surface area contributed by atoms with Crippen molar-refractivity contribution in [1.82, 2.24) is 5.32 Å². The Bertz CT molecular complexity index is 1160. The molecule has 0 heterocycles. The summed E-state index contributed by atoms with van der Waals surface area (Å²) < 4.78 is 26.2. The van der Waals surface area contributed by atoms with E-state index in [9.17, 15) is 13.2 Å². The van der Waals surface area contributed by atoms with Crippen LogP contribution in [0.5, 0.6) is 0 Å². The van der Waals surface area contributed by atoms with Crippen molar-refractivity contribution in [1.29, 1.82) is 0 Å². The first-order chi connectivity index (χ1) is 14.2. The highest BCUT2D eigenvalue weighted by Crippen LogP contribution is 2.29. The van der Waals surface area contributed by atoms with Crippen LogP contribution in [0.2, 0.25) is 10.0 Å². The first-order valence-electron chi connectivity index (χ1n) is 9.40. The number of halogens is 2. The van der Waals surface area contributed by atoms with Crippen molar-refractivity contribution in [2.24, 2.45) is 0 Å². The van der Waals surface area contributed by atoms with Gasteiger partial charge in [0.2, 0.25) is 15.9 Å². The molecule has 0 aliphatic heterocycles. The van der Waals surface area contributed by atoms with Gasteiger partial charge in [0, 0.05) is 16.6 Å². The van der Waals surface area contributed by atoms with Crippen LogP contribution in [0.25, 0.3) is 10.8 Å². The van der Waals surface area contributed by atoms with Crippen molar-refractivity contribution in [2.75, 3.05) is 10.6 Å². The van der Waals surface area contributed by atoms with Crippen LogP contribution in [0.1, 0.15) is 18.9 Å². The van der Waals surface area contributed by atoms with Gasteiger partial charge in [-0.3, -0.25) is 9.10 Å². The minimum atomic E-state index is -3.77. The van der Waals surface area contributed by atoms with Crippen LogP contribution in [-0.2, 0) is 21.4 Å². The van der Waals surface area contributed by atoms with Crippen molar-refractivity contribution in [2.45, 2.75) is 25.9 Å². The van der Waals surface area contributed by atoms with Gasteiger partial charge in [-0.15, -0.1) is 0 Å². The smallest absolute Gasteiger partial charge is 0.244 e. The fourth-order valence-corrected chi connectivity index (χ4v) is 5.18. The van der Waals surface area contributed by atoms with E-state index in [0.717, 1.165) is 26.9 Å². The molecule has 0 spiro atoms. The van der Waals surface area contributed by atoms with E-state index in [4.69, 9.17) is 23.2 Å². The molecule has 0 saturated carbocycles. The van der Waals surface area contributed by atoms with Gasteiger partial charge in [0.05, 0.1) is 11.9 Å². The fraction of sp³-hybridized carbons (Fsp3) is 0.227. The normalized spacial score (nSPS) is 12.5. The maximum absolute atomic E-state index is 13.0. The molecule has 1 N–H and O–H groups in total. The second-order valence-electron chi connectivity index (χ2n) is 6.97. The molecular formula is C22H22Cl2N2O3S. The second-order valence-corrected chi connectivity index (χ2v) is 9.70. The number of anilines is 1. The number of hydrogen-bond donors (Lipinski definition) is 1. The summed E-state index contributed by atoms with van der Waals surface area (Å²) in [7, 11) is -3.77. The monoisotopic (exact) mass is 464 g/mol. The Hall–Kier alpha value is -2.28. The molecule has 0 aliphatic rings. The third-order valence-corrected chi connectivity index (χ3v) is 6.38. The number of nitrogens with zero attached hydrogens (tertiary/aromatic N) is 1. The highest BCUT2D eigenvalue weighted by atomic mass is 35.5. The summed E-state index contributed by atoms with van der Waals surface area (Å²) in [6.07, 6.45) is 1.33. The van der Waals surface area contributed by atoms with Crippen molar-refractivity contribution in [3.8, 4) is 0 Å². The Morgan fingerprint density at radius 1 is 1.03 bits per heavy atom. The van der Waals surface area contributed by atoms with Crippen LogP contribution in [0.3, 0.4) is 0 Å². The van der Waals surface area contributed by atoms with E-state index in [1.807, 2.05) is 42.5 Å². The van der Waals surface area contributed by atoms with Gasteiger partial charge < -0.3 is 5.32 Å². The van der Waals surface area contributed by atoms with Gasteiger partial charge in [-0.2, -0.15) is 0 Å². The zero-order chi connectivity index (χ0) is 21.9. The maximum Gasteiger partial charge on any atom is 0.244 e. The number of fused-ring (bicyclic) bond motifs is 1. The number of amides is 1. The van der Waals surface area contributed by atoms with Gasteiger partial charge >= 0.3 is 0 Å². The number of hydrogen-bond acceptors (Lipinski definition) is 3. The second kappa shape index (κ2) is 9.25. The van der Waals surface area contributed by atoms with Crippen LogP contribution in [-0.4, -0.2) is 26.6 Å². The first-order valence-corrected chi connectivity index (χ1v) is 12.0. The molecule has 1 amide bonds. The third kappa shape index (κ3) is 5.06. The lowest BCUT2D eigenvalue weighted by atomic mass is 10.0. The number of benzene rings is 3. The predicted molar refractivity (Wildman–Crippen MR) is 124 cm³/mol. The van der Waals surface area contributed by atoms with Crippen LogP contribution < -0.4 is 9.62 Å². The van der Waals surface area contributed by atoms with Gasteiger partial charge in [0.15, 0.2) is 0 Å². The number of sulfonamides is 1. The van der Waals surface area contributed by atoms with Gasteiger partial charge in [-0.1, -0.05) is 72.6 Å². The quantitative estimate of drug-likeness (QED) is 0.534. The molecule has 3 aromatic rings. The van der Waals surface area contributed by atoms with E-state index in [0.29, 0.717) is 0 Å². The molecule has 0 bridgehead atoms. The zero-order valence-corrected chi connectivity index (χ0v) is 18.9. The molecule has 30 heavy (non-hydrogen) atoms. The third-order valence-electron chi connectivity index (χ3n) is 4.76. The summed E-state index contributed by atoms with van der Waals surface area (Å²) in [6.45, 7) is 2.04. The molecule has 158 valence electrons. The topological polar surface area (TPSA) is 66.5 Å². The lowest BCUT2D eigenvalue weighted by Crippen LogP contribution is -2.49. The lowest BCUT2D eigenvalue weighted by molar-refractivity contribution is -0.122. The van der Waals surface area contributed by atoms with E-state index in [2.05, 4.69) is 5.32 Å². The minimum Gasteiger partial charge on any atom is -0.350 e. The number of carbonyl (C=O) groups is 1. The maximum atomic E-state index is 13.0. The molecule has 5 nitrogen and oxygen atoms in total. The largest absolute Gasteiger partial charge is 0.350 e. The molecule has 0 saturated heterocycles. The van der Waals surface area contributed by atoms with E-state index in [1.54, 1.807) is 6.92 Å². The zero-order valence-electron chi connectivity index (χ0n) is 16.6. The number of rotatable bonds is 7. The van der Waals surface area contributed by atoms with Crippen LogP contribution >= 0.6 is 23.2 Å². The van der Waals surface area contributed by atoms with Crippen molar-refractivity contribution >= 4 is 55.6 Å². The molecule has 0 fully saturated rings. The average molecular weight is 465 g/mol. The summed E-state index contributed by atoms with van der Waals surface area (Å²) in [5, 5.41) is 5.57. The van der Waals surface area contributed by atoms with Crippen molar-refractivity contribution in [3.63, 3.8) is 0 Å². The molecule has 3 aromatic carbocycles. The Morgan fingerprint density at radius 3 is 2.30 bits per heavy atom. The first kappa shape index (κ1) is 22.4. The molecule has 1 atom stereocenters. The van der Waals surface area contributed by atoms with Crippen LogP contribution in [0.15, 0.2) is 60.7 Å². The van der Waals surface area contributed by atoms with E-state index < -0.39 is 22.0 Å². The lowest BCUT2D eigenvalue weighted by Gasteiger charge is -2.30. The highest BCUT2D eigenvalue weighted by Gasteiger charge is 2.31. The van der Waals surface area contributed by atoms with Gasteiger partial charge in [-0.25, -0.2) is 8.42 Å². The summed E-state index contributed by atoms with van der Waals surface area (Å²) in [6, 6.07) is 17.3. The van der Waals surface area contributed by atoms with Crippen molar-refractivity contribution < 1.29 is 13.2 Å².